The highest BCUT2D eigenvalue weighted by Gasteiger charge is 2.12. The zero-order chi connectivity index (χ0) is 9.72. The van der Waals surface area contributed by atoms with Crippen molar-refractivity contribution in [3.8, 4) is 0 Å². The second-order valence-electron chi connectivity index (χ2n) is 3.68. The molecule has 0 aliphatic heterocycles. The molecule has 0 aromatic carbocycles. The second kappa shape index (κ2) is 5.49. The lowest BCUT2D eigenvalue weighted by Gasteiger charge is -2.27. The summed E-state index contributed by atoms with van der Waals surface area (Å²) in [5.41, 5.74) is 5.42. The van der Waals surface area contributed by atoms with Crippen LogP contribution in [0.2, 0.25) is 0 Å². The van der Waals surface area contributed by atoms with Crippen molar-refractivity contribution in [1.82, 2.24) is 4.90 Å². The molecule has 72 valence electrons. The fourth-order valence-corrected chi connectivity index (χ4v) is 1.09. The van der Waals surface area contributed by atoms with E-state index in [9.17, 15) is 0 Å². The van der Waals surface area contributed by atoms with Gasteiger partial charge in [-0.2, -0.15) is 0 Å². The molecule has 0 bridgehead atoms. The van der Waals surface area contributed by atoms with Gasteiger partial charge in [-0.25, -0.2) is 0 Å². The van der Waals surface area contributed by atoms with Crippen LogP contribution in [-0.2, 0) is 0 Å². The van der Waals surface area contributed by atoms with Crippen LogP contribution >= 0.6 is 12.2 Å². The van der Waals surface area contributed by atoms with Gasteiger partial charge in [-0.1, -0.05) is 26.1 Å². The topological polar surface area (TPSA) is 29.3 Å². The summed E-state index contributed by atoms with van der Waals surface area (Å²) in [5.74, 6) is 0.682. The molecule has 0 aromatic rings. The van der Waals surface area contributed by atoms with Crippen LogP contribution in [0.25, 0.3) is 0 Å². The van der Waals surface area contributed by atoms with E-state index < -0.39 is 0 Å². The average Bonchev–Trinajstić information content (AvgIpc) is 1.98. The Hall–Kier alpha value is -0.150. The van der Waals surface area contributed by atoms with Crippen molar-refractivity contribution in [3.63, 3.8) is 0 Å². The van der Waals surface area contributed by atoms with Crippen molar-refractivity contribution in [2.45, 2.75) is 33.2 Å². The summed E-state index contributed by atoms with van der Waals surface area (Å²) in [6.07, 6.45) is 0.822. The fourth-order valence-electron chi connectivity index (χ4n) is 0.999. The van der Waals surface area contributed by atoms with Crippen LogP contribution in [0.1, 0.15) is 27.2 Å². The summed E-state index contributed by atoms with van der Waals surface area (Å²) < 4.78 is 0. The number of rotatable bonds is 5. The third-order valence-electron chi connectivity index (χ3n) is 2.37. The summed E-state index contributed by atoms with van der Waals surface area (Å²) in [5, 5.41) is 0. The predicted octanol–water partition coefficient (Wildman–Crippen LogP) is 1.64. The van der Waals surface area contributed by atoms with E-state index in [0.717, 1.165) is 13.0 Å². The number of thiocarbonyl (C=S) groups is 1. The molecule has 0 spiro atoms. The zero-order valence-corrected chi connectivity index (χ0v) is 9.32. The first kappa shape index (κ1) is 11.8. The lowest BCUT2D eigenvalue weighted by atomic mass is 10.1. The van der Waals surface area contributed by atoms with E-state index in [2.05, 4.69) is 32.7 Å². The van der Waals surface area contributed by atoms with E-state index in [1.165, 1.54) is 0 Å². The first-order valence-electron chi connectivity index (χ1n) is 4.43. The normalized spacial score (nSPS) is 13.8. The Labute approximate surface area is 81.1 Å². The molecule has 1 atom stereocenters. The van der Waals surface area contributed by atoms with Crippen LogP contribution in [0, 0.1) is 5.92 Å². The third-order valence-corrected chi connectivity index (χ3v) is 2.58. The molecule has 2 nitrogen and oxygen atoms in total. The van der Waals surface area contributed by atoms with Crippen molar-refractivity contribution < 1.29 is 0 Å². The van der Waals surface area contributed by atoms with Crippen molar-refractivity contribution in [2.24, 2.45) is 11.7 Å². The minimum Gasteiger partial charge on any atom is -0.393 e. The van der Waals surface area contributed by atoms with Gasteiger partial charge in [-0.15, -0.1) is 0 Å². The van der Waals surface area contributed by atoms with E-state index in [1.54, 1.807) is 0 Å². The lowest BCUT2D eigenvalue weighted by Crippen LogP contribution is -2.35. The second-order valence-corrected chi connectivity index (χ2v) is 4.21. The molecule has 2 N–H and O–H groups in total. The van der Waals surface area contributed by atoms with Gasteiger partial charge in [-0.05, 0) is 19.9 Å². The molecule has 0 saturated carbocycles. The summed E-state index contributed by atoms with van der Waals surface area (Å²) in [6, 6.07) is 0.597. The minimum atomic E-state index is 0.597. The zero-order valence-electron chi connectivity index (χ0n) is 8.50. The predicted molar refractivity (Wildman–Crippen MR) is 58.3 cm³/mol. The molecule has 0 rings (SSSR count). The number of hydrogen-bond acceptors (Lipinski definition) is 2. The van der Waals surface area contributed by atoms with Crippen LogP contribution in [0.3, 0.4) is 0 Å². The molecule has 0 amide bonds. The maximum Gasteiger partial charge on any atom is 0.0740 e. The van der Waals surface area contributed by atoms with Crippen LogP contribution < -0.4 is 5.73 Å². The van der Waals surface area contributed by atoms with Gasteiger partial charge >= 0.3 is 0 Å². The van der Waals surface area contributed by atoms with Gasteiger partial charge < -0.3 is 10.6 Å². The quantitative estimate of drug-likeness (QED) is 0.665. The fraction of sp³-hybridized carbons (Fsp3) is 0.889. The molecule has 0 radical (unpaired) electrons. The largest absolute Gasteiger partial charge is 0.393 e. The highest BCUT2D eigenvalue weighted by atomic mass is 32.1. The minimum absolute atomic E-state index is 0.597. The highest BCUT2D eigenvalue weighted by Crippen LogP contribution is 2.07. The SMILES string of the molecule is CC(C)C(C)N(C)CCC(N)=S. The van der Waals surface area contributed by atoms with Crippen molar-refractivity contribution in [1.29, 1.82) is 0 Å². The van der Waals surface area contributed by atoms with Crippen LogP contribution in [-0.4, -0.2) is 29.5 Å². The van der Waals surface area contributed by atoms with Crippen molar-refractivity contribution in [2.75, 3.05) is 13.6 Å². The molecule has 0 heterocycles. The first-order valence-corrected chi connectivity index (χ1v) is 4.84. The van der Waals surface area contributed by atoms with Crippen LogP contribution in [0.4, 0.5) is 0 Å². The Morgan fingerprint density at radius 2 is 1.92 bits per heavy atom. The van der Waals surface area contributed by atoms with Crippen LogP contribution in [0.5, 0.6) is 0 Å². The molecule has 0 aliphatic rings. The molecule has 0 fully saturated rings. The van der Waals surface area contributed by atoms with Gasteiger partial charge in [-0.3, -0.25) is 0 Å². The number of nitrogens with zero attached hydrogens (tertiary/aromatic N) is 1. The molecule has 0 aliphatic carbocycles. The van der Waals surface area contributed by atoms with Gasteiger partial charge in [0.15, 0.2) is 0 Å². The van der Waals surface area contributed by atoms with Gasteiger partial charge in [0.05, 0.1) is 4.99 Å². The van der Waals surface area contributed by atoms with Gasteiger partial charge in [0.2, 0.25) is 0 Å². The molecule has 3 heteroatoms. The van der Waals surface area contributed by atoms with E-state index in [-0.39, 0.29) is 0 Å². The van der Waals surface area contributed by atoms with E-state index >= 15 is 0 Å². The maximum atomic E-state index is 5.42. The number of hydrogen-bond donors (Lipinski definition) is 1. The molecular weight excluding hydrogens is 168 g/mol. The first-order chi connectivity index (χ1) is 5.45. The highest BCUT2D eigenvalue weighted by molar-refractivity contribution is 7.80. The molecular formula is C9H20N2S. The van der Waals surface area contributed by atoms with E-state index in [0.29, 0.717) is 16.9 Å². The molecule has 12 heavy (non-hydrogen) atoms. The summed E-state index contributed by atoms with van der Waals surface area (Å²) in [7, 11) is 2.11. The van der Waals surface area contributed by atoms with Crippen LogP contribution in [0.15, 0.2) is 0 Å². The summed E-state index contributed by atoms with van der Waals surface area (Å²) in [4.78, 5) is 2.90. The Balaban J connectivity index is 3.71. The average molecular weight is 188 g/mol. The Morgan fingerprint density at radius 3 is 2.25 bits per heavy atom. The third kappa shape index (κ3) is 4.67. The van der Waals surface area contributed by atoms with Crippen molar-refractivity contribution in [3.05, 3.63) is 0 Å². The van der Waals surface area contributed by atoms with E-state index in [1.807, 2.05) is 0 Å². The van der Waals surface area contributed by atoms with Gasteiger partial charge in [0.25, 0.3) is 0 Å². The summed E-state index contributed by atoms with van der Waals surface area (Å²) >= 11 is 4.82. The van der Waals surface area contributed by atoms with Crippen molar-refractivity contribution >= 4 is 17.2 Å². The standard InChI is InChI=1S/C9H20N2S/c1-7(2)8(3)11(4)6-5-9(10)12/h7-8H,5-6H2,1-4H3,(H2,10,12). The maximum absolute atomic E-state index is 5.42. The molecule has 0 saturated heterocycles. The monoisotopic (exact) mass is 188 g/mol. The summed E-state index contributed by atoms with van der Waals surface area (Å²) in [6.45, 7) is 7.64. The van der Waals surface area contributed by atoms with Gasteiger partial charge in [0, 0.05) is 19.0 Å². The Morgan fingerprint density at radius 1 is 1.42 bits per heavy atom. The number of nitrogens with two attached hydrogens (primary N) is 1. The van der Waals surface area contributed by atoms with E-state index in [4.69, 9.17) is 18.0 Å². The lowest BCUT2D eigenvalue weighted by molar-refractivity contribution is 0.213. The molecule has 1 unspecified atom stereocenters. The smallest absolute Gasteiger partial charge is 0.0740 e. The van der Waals surface area contributed by atoms with Gasteiger partial charge in [0.1, 0.15) is 0 Å². The Bertz CT molecular complexity index is 145. The molecule has 0 aromatic heterocycles. The Kier molecular flexibility index (Phi) is 5.42.